The summed E-state index contributed by atoms with van der Waals surface area (Å²) in [5.41, 5.74) is 3.74. The van der Waals surface area contributed by atoms with Gasteiger partial charge in [0.1, 0.15) is 5.82 Å². The number of imidazole rings is 1. The van der Waals surface area contributed by atoms with Crippen LogP contribution in [0.3, 0.4) is 0 Å². The van der Waals surface area contributed by atoms with E-state index in [-0.39, 0.29) is 24.0 Å². The average Bonchev–Trinajstić information content (AvgIpc) is 3.31. The predicted octanol–water partition coefficient (Wildman–Crippen LogP) is 5.63. The number of benzene rings is 2. The van der Waals surface area contributed by atoms with Gasteiger partial charge in [0.05, 0.1) is 25.5 Å². The van der Waals surface area contributed by atoms with E-state index < -0.39 is 5.82 Å². The normalized spacial score (nSPS) is 16.3. The van der Waals surface area contributed by atoms with Gasteiger partial charge in [0.2, 0.25) is 0 Å². The number of carbonyl (C=O) groups excluding carboxylic acids is 1. The smallest absolute Gasteiger partial charge is 0.165 e. The van der Waals surface area contributed by atoms with Crippen LogP contribution in [0.4, 0.5) is 4.39 Å². The van der Waals surface area contributed by atoms with Crippen LogP contribution < -0.4 is 4.74 Å². The Morgan fingerprint density at radius 3 is 2.59 bits per heavy atom. The van der Waals surface area contributed by atoms with Crippen LogP contribution in [0.1, 0.15) is 38.7 Å². The molecule has 0 aliphatic carbocycles. The maximum absolute atomic E-state index is 14.1. The van der Waals surface area contributed by atoms with Crippen LogP contribution in [0.25, 0.3) is 22.6 Å². The van der Waals surface area contributed by atoms with Gasteiger partial charge in [-0.1, -0.05) is 38.1 Å². The summed E-state index contributed by atoms with van der Waals surface area (Å²) < 4.78 is 26.6. The summed E-state index contributed by atoms with van der Waals surface area (Å²) in [6.45, 7) is 7.43. The van der Waals surface area contributed by atoms with Crippen LogP contribution in [-0.4, -0.2) is 60.2 Å². The molecular weight excluding hydrogens is 469 g/mol. The van der Waals surface area contributed by atoms with Gasteiger partial charge < -0.3 is 18.9 Å². The highest BCUT2D eigenvalue weighted by Crippen LogP contribution is 2.29. The Balaban J connectivity index is 1.54. The van der Waals surface area contributed by atoms with Gasteiger partial charge in [0, 0.05) is 43.9 Å². The molecule has 1 fully saturated rings. The van der Waals surface area contributed by atoms with E-state index in [2.05, 4.69) is 29.2 Å². The van der Waals surface area contributed by atoms with E-state index in [0.717, 1.165) is 43.7 Å². The number of likely N-dealkylation sites (tertiary alicyclic amines) is 1. The van der Waals surface area contributed by atoms with Crippen LogP contribution in [0.15, 0.2) is 48.7 Å². The van der Waals surface area contributed by atoms with Crippen molar-refractivity contribution in [1.82, 2.24) is 14.5 Å². The summed E-state index contributed by atoms with van der Waals surface area (Å²) in [5.74, 6) is 0.753. The van der Waals surface area contributed by atoms with E-state index in [9.17, 15) is 9.18 Å². The molecule has 198 valence electrons. The largest absolute Gasteiger partial charge is 0.494 e. The Labute approximate surface area is 219 Å². The number of halogens is 1. The summed E-state index contributed by atoms with van der Waals surface area (Å²) >= 11 is 0. The molecule has 1 atom stereocenters. The van der Waals surface area contributed by atoms with E-state index in [1.54, 1.807) is 19.2 Å². The molecule has 2 aromatic carbocycles. The zero-order valence-electron chi connectivity index (χ0n) is 22.4. The molecule has 0 bridgehead atoms. The molecule has 6 nitrogen and oxygen atoms in total. The SMILES string of the molecule is COc1cc(-c2nc(-c3ccc(CCN4CCCC(OC)C4)cc3)cn2CC(=O)CC(C)C)ccc1F. The molecule has 37 heavy (non-hydrogen) atoms. The summed E-state index contributed by atoms with van der Waals surface area (Å²) in [5, 5.41) is 0. The third-order valence-corrected chi connectivity index (χ3v) is 6.93. The molecule has 4 rings (SSSR count). The lowest BCUT2D eigenvalue weighted by atomic mass is 10.1. The number of piperidine rings is 1. The molecule has 1 aliphatic heterocycles. The maximum atomic E-state index is 14.1. The second-order valence-electron chi connectivity index (χ2n) is 10.3. The minimum Gasteiger partial charge on any atom is -0.494 e. The van der Waals surface area contributed by atoms with Crippen LogP contribution >= 0.6 is 0 Å². The standard InChI is InChI=1S/C30H38FN3O3/c1-21(2)16-25(35)18-34-20-28(32-30(34)24-11-12-27(31)29(17-24)37-4)23-9-7-22(8-10-23)13-15-33-14-5-6-26(19-33)36-3/h7-12,17,20-21,26H,5-6,13-16,18-19H2,1-4H3. The second kappa shape index (κ2) is 12.5. The first-order valence-corrected chi connectivity index (χ1v) is 13.1. The van der Waals surface area contributed by atoms with Gasteiger partial charge in [-0.2, -0.15) is 0 Å². The van der Waals surface area contributed by atoms with Crippen molar-refractivity contribution in [2.24, 2.45) is 5.92 Å². The summed E-state index contributed by atoms with van der Waals surface area (Å²) in [7, 11) is 3.24. The molecule has 1 aliphatic rings. The van der Waals surface area contributed by atoms with Gasteiger partial charge in [-0.05, 0) is 55.5 Å². The minimum absolute atomic E-state index is 0.137. The van der Waals surface area contributed by atoms with Crippen molar-refractivity contribution in [3.63, 3.8) is 0 Å². The zero-order valence-corrected chi connectivity index (χ0v) is 22.4. The lowest BCUT2D eigenvalue weighted by Gasteiger charge is -2.31. The Morgan fingerprint density at radius 1 is 1.14 bits per heavy atom. The number of ketones is 1. The van der Waals surface area contributed by atoms with Crippen molar-refractivity contribution in [3.8, 4) is 28.4 Å². The number of hydrogen-bond acceptors (Lipinski definition) is 5. The number of Topliss-reactive ketones (excluding diaryl/α,β-unsaturated/α-hetero) is 1. The molecule has 0 spiro atoms. The molecule has 3 aromatic rings. The predicted molar refractivity (Wildman–Crippen MR) is 144 cm³/mol. The highest BCUT2D eigenvalue weighted by molar-refractivity contribution is 5.79. The fourth-order valence-corrected chi connectivity index (χ4v) is 4.95. The number of hydrogen-bond donors (Lipinski definition) is 0. The zero-order chi connectivity index (χ0) is 26.4. The van der Waals surface area contributed by atoms with Crippen LogP contribution in [-0.2, 0) is 22.5 Å². The van der Waals surface area contributed by atoms with E-state index >= 15 is 0 Å². The van der Waals surface area contributed by atoms with Crippen LogP contribution in [0.5, 0.6) is 5.75 Å². The van der Waals surface area contributed by atoms with Gasteiger partial charge in [0.25, 0.3) is 0 Å². The van der Waals surface area contributed by atoms with Crippen LogP contribution in [0, 0.1) is 11.7 Å². The van der Waals surface area contributed by atoms with Gasteiger partial charge in [-0.3, -0.25) is 4.79 Å². The first-order chi connectivity index (χ1) is 17.9. The minimum atomic E-state index is -0.432. The Morgan fingerprint density at radius 2 is 1.89 bits per heavy atom. The van der Waals surface area contributed by atoms with E-state index in [1.807, 2.05) is 24.6 Å². The highest BCUT2D eigenvalue weighted by Gasteiger charge is 2.19. The van der Waals surface area contributed by atoms with E-state index in [1.165, 1.54) is 25.2 Å². The summed E-state index contributed by atoms with van der Waals surface area (Å²) in [4.78, 5) is 20.0. The van der Waals surface area contributed by atoms with Crippen molar-refractivity contribution in [3.05, 3.63) is 60.0 Å². The van der Waals surface area contributed by atoms with Crippen molar-refractivity contribution in [2.75, 3.05) is 33.9 Å². The second-order valence-corrected chi connectivity index (χ2v) is 10.3. The van der Waals surface area contributed by atoms with Gasteiger partial charge in [-0.25, -0.2) is 9.37 Å². The molecule has 0 radical (unpaired) electrons. The quantitative estimate of drug-likeness (QED) is 0.337. The molecule has 1 aromatic heterocycles. The Kier molecular flexibility index (Phi) is 9.11. The first-order valence-electron chi connectivity index (χ1n) is 13.1. The van der Waals surface area contributed by atoms with Crippen molar-refractivity contribution in [1.29, 1.82) is 0 Å². The number of rotatable bonds is 11. The fourth-order valence-electron chi connectivity index (χ4n) is 4.95. The molecule has 7 heteroatoms. The van der Waals surface area contributed by atoms with Gasteiger partial charge in [-0.15, -0.1) is 0 Å². The molecule has 0 amide bonds. The van der Waals surface area contributed by atoms with Crippen molar-refractivity contribution < 1.29 is 18.7 Å². The fraction of sp³-hybridized carbons (Fsp3) is 0.467. The maximum Gasteiger partial charge on any atom is 0.165 e. The van der Waals surface area contributed by atoms with Crippen molar-refractivity contribution in [2.45, 2.75) is 52.2 Å². The lowest BCUT2D eigenvalue weighted by molar-refractivity contribution is -0.120. The first kappa shape index (κ1) is 27.0. The number of aromatic nitrogens is 2. The summed E-state index contributed by atoms with van der Waals surface area (Å²) in [6, 6.07) is 13.1. The van der Waals surface area contributed by atoms with E-state index in [0.29, 0.717) is 23.9 Å². The lowest BCUT2D eigenvalue weighted by Crippen LogP contribution is -2.40. The van der Waals surface area contributed by atoms with E-state index in [4.69, 9.17) is 14.5 Å². The Hall–Kier alpha value is -3.03. The molecular formula is C30H38FN3O3. The molecule has 2 heterocycles. The van der Waals surface area contributed by atoms with Gasteiger partial charge >= 0.3 is 0 Å². The average molecular weight is 508 g/mol. The highest BCUT2D eigenvalue weighted by atomic mass is 19.1. The third-order valence-electron chi connectivity index (χ3n) is 6.93. The topological polar surface area (TPSA) is 56.6 Å². The monoisotopic (exact) mass is 507 g/mol. The third kappa shape index (κ3) is 7.05. The Bertz CT molecular complexity index is 1190. The van der Waals surface area contributed by atoms with Crippen LogP contribution in [0.2, 0.25) is 0 Å². The number of ether oxygens (including phenoxy) is 2. The molecule has 0 N–H and O–H groups in total. The van der Waals surface area contributed by atoms with Gasteiger partial charge in [0.15, 0.2) is 17.3 Å². The van der Waals surface area contributed by atoms with Crippen molar-refractivity contribution >= 4 is 5.78 Å². The number of nitrogens with zero attached hydrogens (tertiary/aromatic N) is 3. The molecule has 1 unspecified atom stereocenters. The number of carbonyl (C=O) groups is 1. The molecule has 1 saturated heterocycles. The summed E-state index contributed by atoms with van der Waals surface area (Å²) in [6.07, 6.45) is 6.06. The number of methoxy groups -OCH3 is 2. The molecule has 0 saturated carbocycles.